The van der Waals surface area contributed by atoms with Crippen molar-refractivity contribution < 1.29 is 0 Å². The lowest BCUT2D eigenvalue weighted by molar-refractivity contribution is 0.612. The van der Waals surface area contributed by atoms with Crippen molar-refractivity contribution >= 4 is 58.9 Å². The maximum Gasteiger partial charge on any atom is 0.235 e. The summed E-state index contributed by atoms with van der Waals surface area (Å²) in [5.74, 6) is 0.726. The van der Waals surface area contributed by atoms with Crippen LogP contribution < -0.4 is 0 Å². The molecule has 0 N–H and O–H groups in total. The minimum absolute atomic E-state index is 0.0903. The molecule has 3 aromatic heterocycles. The summed E-state index contributed by atoms with van der Waals surface area (Å²) in [6, 6.07) is 41.3. The van der Waals surface area contributed by atoms with Gasteiger partial charge < -0.3 is 0 Å². The lowest BCUT2D eigenvalue weighted by atomic mass is 9.78. The van der Waals surface area contributed by atoms with E-state index in [1.165, 1.54) is 59.0 Å². The van der Waals surface area contributed by atoms with Crippen molar-refractivity contribution in [2.75, 3.05) is 0 Å². The summed E-state index contributed by atoms with van der Waals surface area (Å²) in [6.45, 7) is 4.82. The molecule has 2 aliphatic rings. The standard InChI is InChI=1S/C43H31N3S/c1-43(2)34-19-11-9-18-31(34)39-37(43)32-23-22-30-29-17-10-12-20-36(29)47-41(30)40(32)46(39)42-44-35-24-21-28(26-13-5-3-6-14-26)25-33(35)38(45-42)27-15-7-4-8-16-27/h3-10,12-18,20-25H,11,19H2,1-2H3. The molecule has 3 heterocycles. The number of nitrogens with zero attached hydrogens (tertiary/aromatic N) is 3. The molecule has 0 spiro atoms. The molecule has 0 fully saturated rings. The molecule has 0 aliphatic heterocycles. The van der Waals surface area contributed by atoms with Crippen molar-refractivity contribution in [3.8, 4) is 28.3 Å². The lowest BCUT2D eigenvalue weighted by Gasteiger charge is -2.25. The van der Waals surface area contributed by atoms with Gasteiger partial charge in [-0.25, -0.2) is 9.97 Å². The predicted molar refractivity (Wildman–Crippen MR) is 198 cm³/mol. The second-order valence-electron chi connectivity index (χ2n) is 13.3. The minimum atomic E-state index is -0.0903. The highest BCUT2D eigenvalue weighted by Crippen LogP contribution is 2.55. The zero-order chi connectivity index (χ0) is 31.3. The molecule has 47 heavy (non-hydrogen) atoms. The van der Waals surface area contributed by atoms with Gasteiger partial charge >= 0.3 is 0 Å². The van der Waals surface area contributed by atoms with Gasteiger partial charge in [-0.3, -0.25) is 4.57 Å². The highest BCUT2D eigenvalue weighted by Gasteiger charge is 2.43. The third-order valence-corrected chi connectivity index (χ3v) is 11.5. The molecule has 224 valence electrons. The molecule has 3 nitrogen and oxygen atoms in total. The van der Waals surface area contributed by atoms with E-state index in [9.17, 15) is 0 Å². The smallest absolute Gasteiger partial charge is 0.235 e. The third-order valence-electron chi connectivity index (χ3n) is 10.3. The van der Waals surface area contributed by atoms with Gasteiger partial charge in [-0.2, -0.15) is 0 Å². The van der Waals surface area contributed by atoms with Gasteiger partial charge in [0, 0.05) is 37.2 Å². The summed E-state index contributed by atoms with van der Waals surface area (Å²) in [5.41, 5.74) is 12.0. The lowest BCUT2D eigenvalue weighted by Crippen LogP contribution is -2.17. The molecule has 0 saturated carbocycles. The first kappa shape index (κ1) is 26.9. The van der Waals surface area contributed by atoms with E-state index < -0.39 is 0 Å². The fourth-order valence-electron chi connectivity index (χ4n) is 8.17. The fourth-order valence-corrected chi connectivity index (χ4v) is 9.41. The Kier molecular flexibility index (Phi) is 5.62. The Morgan fingerprint density at radius 1 is 0.681 bits per heavy atom. The van der Waals surface area contributed by atoms with Gasteiger partial charge in [-0.1, -0.05) is 129 Å². The molecule has 10 rings (SSSR count). The Hall–Kier alpha value is -5.32. The summed E-state index contributed by atoms with van der Waals surface area (Å²) >= 11 is 1.88. The second-order valence-corrected chi connectivity index (χ2v) is 14.3. The molecule has 8 aromatic rings. The maximum atomic E-state index is 5.53. The molecule has 0 bridgehead atoms. The molecule has 0 saturated heterocycles. The largest absolute Gasteiger partial charge is 0.276 e. The zero-order valence-corrected chi connectivity index (χ0v) is 27.1. The summed E-state index contributed by atoms with van der Waals surface area (Å²) in [7, 11) is 0. The van der Waals surface area contributed by atoms with Crippen LogP contribution in [0.25, 0.3) is 75.9 Å². The van der Waals surface area contributed by atoms with E-state index in [-0.39, 0.29) is 5.41 Å². The topological polar surface area (TPSA) is 30.7 Å². The van der Waals surface area contributed by atoms with Gasteiger partial charge in [0.05, 0.1) is 27.1 Å². The summed E-state index contributed by atoms with van der Waals surface area (Å²) < 4.78 is 5.01. The number of benzene rings is 5. The Bertz CT molecular complexity index is 2640. The number of aromatic nitrogens is 3. The quantitative estimate of drug-likeness (QED) is 0.196. The number of hydrogen-bond acceptors (Lipinski definition) is 3. The molecule has 5 aromatic carbocycles. The number of allylic oxidation sites excluding steroid dienone is 4. The third kappa shape index (κ3) is 3.79. The summed E-state index contributed by atoms with van der Waals surface area (Å²) in [6.07, 6.45) is 6.85. The van der Waals surface area contributed by atoms with Crippen LogP contribution in [0.15, 0.2) is 133 Å². The average Bonchev–Trinajstić information content (AvgIpc) is 3.75. The maximum absolute atomic E-state index is 5.53. The van der Waals surface area contributed by atoms with E-state index in [4.69, 9.17) is 9.97 Å². The first-order valence-corrected chi connectivity index (χ1v) is 17.2. The van der Waals surface area contributed by atoms with Crippen LogP contribution in [0.5, 0.6) is 0 Å². The van der Waals surface area contributed by atoms with Gasteiger partial charge in [-0.15, -0.1) is 11.3 Å². The van der Waals surface area contributed by atoms with E-state index in [0.717, 1.165) is 46.5 Å². The van der Waals surface area contributed by atoms with Crippen LogP contribution in [0.3, 0.4) is 0 Å². The van der Waals surface area contributed by atoms with Gasteiger partial charge in [0.2, 0.25) is 5.95 Å². The van der Waals surface area contributed by atoms with Crippen LogP contribution in [-0.4, -0.2) is 14.5 Å². The van der Waals surface area contributed by atoms with Crippen LogP contribution in [0.1, 0.15) is 37.9 Å². The fraction of sp³-hybridized carbons (Fsp3) is 0.116. The summed E-state index contributed by atoms with van der Waals surface area (Å²) in [5, 5.41) is 4.95. The molecule has 2 aliphatic carbocycles. The second kappa shape index (κ2) is 9.84. The molecule has 0 atom stereocenters. The van der Waals surface area contributed by atoms with Crippen molar-refractivity contribution in [2.45, 2.75) is 32.1 Å². The molecular weight excluding hydrogens is 591 g/mol. The van der Waals surface area contributed by atoms with Crippen LogP contribution in [0.4, 0.5) is 0 Å². The Labute approximate surface area is 277 Å². The van der Waals surface area contributed by atoms with Crippen molar-refractivity contribution in [1.29, 1.82) is 0 Å². The summed E-state index contributed by atoms with van der Waals surface area (Å²) in [4.78, 5) is 11.0. The van der Waals surface area contributed by atoms with Gasteiger partial charge in [0.25, 0.3) is 0 Å². The van der Waals surface area contributed by atoms with Crippen LogP contribution in [0, 0.1) is 0 Å². The Morgan fingerprint density at radius 3 is 2.26 bits per heavy atom. The number of fused-ring (bicyclic) bond motifs is 9. The molecule has 0 amide bonds. The minimum Gasteiger partial charge on any atom is -0.276 e. The molecule has 0 radical (unpaired) electrons. The highest BCUT2D eigenvalue weighted by molar-refractivity contribution is 7.26. The average molecular weight is 622 g/mol. The first-order chi connectivity index (χ1) is 23.1. The van der Waals surface area contributed by atoms with E-state index in [1.54, 1.807) is 0 Å². The van der Waals surface area contributed by atoms with Crippen molar-refractivity contribution in [1.82, 2.24) is 14.5 Å². The molecule has 4 heteroatoms. The van der Waals surface area contributed by atoms with Gasteiger partial charge in [0.1, 0.15) is 0 Å². The van der Waals surface area contributed by atoms with Gasteiger partial charge in [0.15, 0.2) is 0 Å². The van der Waals surface area contributed by atoms with Crippen molar-refractivity contribution in [3.05, 3.63) is 144 Å². The van der Waals surface area contributed by atoms with E-state index in [0.29, 0.717) is 0 Å². The van der Waals surface area contributed by atoms with Crippen molar-refractivity contribution in [2.24, 2.45) is 0 Å². The monoisotopic (exact) mass is 621 g/mol. The van der Waals surface area contributed by atoms with E-state index >= 15 is 0 Å². The van der Waals surface area contributed by atoms with Crippen LogP contribution >= 0.6 is 11.3 Å². The first-order valence-electron chi connectivity index (χ1n) is 16.4. The highest BCUT2D eigenvalue weighted by atomic mass is 32.1. The van der Waals surface area contributed by atoms with E-state index in [1.807, 2.05) is 11.3 Å². The molecular formula is C43H31N3S. The number of rotatable bonds is 3. The predicted octanol–water partition coefficient (Wildman–Crippen LogP) is 11.7. The Morgan fingerprint density at radius 2 is 1.43 bits per heavy atom. The van der Waals surface area contributed by atoms with E-state index in [2.05, 4.69) is 146 Å². The number of thiophene rings is 1. The SMILES string of the molecule is CC1(C)C2=C(C=CCC2)c2c1c1ccc3c4ccccc4sc3c1n2-c1nc(-c2ccccc2)c2cc(-c3ccccc3)ccc2n1. The van der Waals surface area contributed by atoms with Gasteiger partial charge in [-0.05, 0) is 53.3 Å². The normalized spacial score (nSPS) is 15.3. The van der Waals surface area contributed by atoms with Crippen LogP contribution in [0.2, 0.25) is 0 Å². The Balaban J connectivity index is 1.35. The van der Waals surface area contributed by atoms with Crippen LogP contribution in [-0.2, 0) is 5.41 Å². The zero-order valence-electron chi connectivity index (χ0n) is 26.3. The van der Waals surface area contributed by atoms with Crippen molar-refractivity contribution in [3.63, 3.8) is 0 Å². The number of hydrogen-bond donors (Lipinski definition) is 0. The molecule has 0 unspecified atom stereocenters.